The van der Waals surface area contributed by atoms with Crippen LogP contribution in [-0.2, 0) is 6.54 Å². The molecule has 0 atom stereocenters. The van der Waals surface area contributed by atoms with Crippen LogP contribution in [0, 0.1) is 13.8 Å². The third kappa shape index (κ3) is 2.86. The lowest BCUT2D eigenvalue weighted by molar-refractivity contribution is 0.832. The van der Waals surface area contributed by atoms with Gasteiger partial charge >= 0.3 is 0 Å². The summed E-state index contributed by atoms with van der Waals surface area (Å²) >= 11 is 0. The first kappa shape index (κ1) is 16.1. The second-order valence-electron chi connectivity index (χ2n) is 6.18. The molecule has 0 spiro atoms. The maximum atomic E-state index is 12.2. The number of aromatic amines is 1. The highest BCUT2D eigenvalue weighted by molar-refractivity contribution is 5.78. The average Bonchev–Trinajstić information content (AvgIpc) is 2.95. The van der Waals surface area contributed by atoms with Crippen molar-refractivity contribution in [3.8, 4) is 5.69 Å². The number of para-hydroxylation sites is 2. The fourth-order valence-corrected chi connectivity index (χ4v) is 3.09. The third-order valence-corrected chi connectivity index (χ3v) is 4.49. The van der Waals surface area contributed by atoms with Gasteiger partial charge in [0.25, 0.3) is 5.56 Å². The first-order valence-electron chi connectivity index (χ1n) is 8.47. The summed E-state index contributed by atoms with van der Waals surface area (Å²) in [6.07, 6.45) is 0. The summed E-state index contributed by atoms with van der Waals surface area (Å²) in [5, 5.41) is 8.45. The number of benzene rings is 2. The lowest BCUT2D eigenvalue weighted by Crippen LogP contribution is -2.13. The number of nitrogens with one attached hydrogen (secondary N) is 2. The summed E-state index contributed by atoms with van der Waals surface area (Å²) in [6, 6.07) is 17.3. The van der Waals surface area contributed by atoms with Gasteiger partial charge < -0.3 is 5.32 Å². The van der Waals surface area contributed by atoms with Gasteiger partial charge in [0.2, 0.25) is 5.95 Å². The molecule has 0 saturated carbocycles. The molecule has 0 aliphatic heterocycles. The van der Waals surface area contributed by atoms with Gasteiger partial charge in [-0.05, 0) is 38.1 Å². The van der Waals surface area contributed by atoms with Gasteiger partial charge in [-0.25, -0.2) is 9.67 Å². The Bertz CT molecular complexity index is 1130. The second-order valence-corrected chi connectivity index (χ2v) is 6.18. The highest BCUT2D eigenvalue weighted by atomic mass is 16.1. The molecule has 6 nitrogen and oxygen atoms in total. The van der Waals surface area contributed by atoms with Gasteiger partial charge in [-0.3, -0.25) is 9.78 Å². The van der Waals surface area contributed by atoms with Crippen LogP contribution in [-0.4, -0.2) is 19.7 Å². The second kappa shape index (κ2) is 6.48. The zero-order valence-corrected chi connectivity index (χ0v) is 14.7. The number of anilines is 1. The molecule has 0 aliphatic rings. The van der Waals surface area contributed by atoms with Crippen molar-refractivity contribution in [1.29, 1.82) is 0 Å². The summed E-state index contributed by atoms with van der Waals surface area (Å²) in [5.41, 5.74) is 4.64. The number of nitrogens with zero attached hydrogens (tertiary/aromatic N) is 3. The highest BCUT2D eigenvalue weighted by Gasteiger charge is 2.13. The SMILES string of the molecule is Cc1nn(-c2ccccc2)c(C)c1CNc1nc2ccccc2c(=O)[nH]1. The van der Waals surface area contributed by atoms with Crippen LogP contribution in [0.25, 0.3) is 16.6 Å². The fourth-order valence-electron chi connectivity index (χ4n) is 3.09. The molecule has 4 aromatic rings. The van der Waals surface area contributed by atoms with Crippen molar-refractivity contribution < 1.29 is 0 Å². The molecule has 2 N–H and O–H groups in total. The minimum atomic E-state index is -0.147. The summed E-state index contributed by atoms with van der Waals surface area (Å²) in [5.74, 6) is 0.458. The van der Waals surface area contributed by atoms with Gasteiger partial charge in [0, 0.05) is 17.8 Å². The van der Waals surface area contributed by atoms with Gasteiger partial charge in [0.15, 0.2) is 0 Å². The van der Waals surface area contributed by atoms with Gasteiger partial charge in [-0.2, -0.15) is 5.10 Å². The van der Waals surface area contributed by atoms with Crippen molar-refractivity contribution in [2.45, 2.75) is 20.4 Å². The van der Waals surface area contributed by atoms with E-state index in [1.807, 2.05) is 67.1 Å². The van der Waals surface area contributed by atoms with E-state index in [2.05, 4.69) is 20.4 Å². The standard InChI is InChI=1S/C20H19N5O/c1-13-17(14(2)25(24-13)15-8-4-3-5-9-15)12-21-20-22-18-11-7-6-10-16(18)19(26)23-20/h3-11H,12H2,1-2H3,(H2,21,22,23,26). The van der Waals surface area contributed by atoms with E-state index < -0.39 is 0 Å². The van der Waals surface area contributed by atoms with Crippen molar-refractivity contribution in [2.75, 3.05) is 5.32 Å². The van der Waals surface area contributed by atoms with Crippen LogP contribution in [0.2, 0.25) is 0 Å². The number of H-pyrrole nitrogens is 1. The maximum absolute atomic E-state index is 12.2. The Hall–Kier alpha value is -3.41. The fraction of sp³-hybridized carbons (Fsp3) is 0.150. The molecule has 6 heteroatoms. The van der Waals surface area contributed by atoms with Crippen molar-refractivity contribution in [3.05, 3.63) is 81.9 Å². The van der Waals surface area contributed by atoms with Gasteiger partial charge in [-0.15, -0.1) is 0 Å². The molecule has 0 radical (unpaired) electrons. The molecule has 2 aromatic heterocycles. The summed E-state index contributed by atoms with van der Waals surface area (Å²) in [4.78, 5) is 19.5. The molecule has 0 amide bonds. The lowest BCUT2D eigenvalue weighted by atomic mass is 10.2. The summed E-state index contributed by atoms with van der Waals surface area (Å²) < 4.78 is 1.93. The summed E-state index contributed by atoms with van der Waals surface area (Å²) in [7, 11) is 0. The number of hydrogen-bond donors (Lipinski definition) is 2. The van der Waals surface area contributed by atoms with E-state index in [0.29, 0.717) is 23.4 Å². The Morgan fingerprint density at radius 2 is 1.77 bits per heavy atom. The van der Waals surface area contributed by atoms with E-state index in [9.17, 15) is 4.79 Å². The summed E-state index contributed by atoms with van der Waals surface area (Å²) in [6.45, 7) is 4.56. The van der Waals surface area contributed by atoms with Gasteiger partial charge in [0.05, 0.1) is 22.3 Å². The van der Waals surface area contributed by atoms with E-state index in [4.69, 9.17) is 0 Å². The number of hydrogen-bond acceptors (Lipinski definition) is 4. The topological polar surface area (TPSA) is 75.6 Å². The average molecular weight is 345 g/mol. The highest BCUT2D eigenvalue weighted by Crippen LogP contribution is 2.19. The van der Waals surface area contributed by atoms with Crippen LogP contribution in [0.15, 0.2) is 59.4 Å². The van der Waals surface area contributed by atoms with E-state index in [-0.39, 0.29) is 5.56 Å². The largest absolute Gasteiger partial charge is 0.352 e. The van der Waals surface area contributed by atoms with Crippen LogP contribution in [0.5, 0.6) is 0 Å². The van der Waals surface area contributed by atoms with Crippen LogP contribution >= 0.6 is 0 Å². The maximum Gasteiger partial charge on any atom is 0.260 e. The molecule has 4 rings (SSSR count). The molecule has 2 heterocycles. The molecule has 2 aromatic carbocycles. The Balaban J connectivity index is 1.63. The van der Waals surface area contributed by atoms with Crippen molar-refractivity contribution >= 4 is 16.9 Å². The molecule has 0 aliphatic carbocycles. The van der Waals surface area contributed by atoms with Gasteiger partial charge in [-0.1, -0.05) is 30.3 Å². The van der Waals surface area contributed by atoms with E-state index in [1.54, 1.807) is 6.07 Å². The predicted octanol–water partition coefficient (Wildman–Crippen LogP) is 3.34. The molecule has 0 bridgehead atoms. The first-order chi connectivity index (χ1) is 12.6. The Kier molecular flexibility index (Phi) is 4.01. The number of fused-ring (bicyclic) bond motifs is 1. The van der Waals surface area contributed by atoms with Crippen molar-refractivity contribution in [3.63, 3.8) is 0 Å². The van der Waals surface area contributed by atoms with Crippen LogP contribution < -0.4 is 10.9 Å². The Labute approximate surface area is 150 Å². The number of aromatic nitrogens is 4. The monoisotopic (exact) mass is 345 g/mol. The molecular weight excluding hydrogens is 326 g/mol. The number of rotatable bonds is 4. The molecule has 26 heavy (non-hydrogen) atoms. The quantitative estimate of drug-likeness (QED) is 0.595. The van der Waals surface area contributed by atoms with Crippen LogP contribution in [0.1, 0.15) is 17.0 Å². The Morgan fingerprint density at radius 3 is 2.58 bits per heavy atom. The Morgan fingerprint density at radius 1 is 1.04 bits per heavy atom. The molecule has 0 fully saturated rings. The van der Waals surface area contributed by atoms with Crippen LogP contribution in [0.4, 0.5) is 5.95 Å². The molecule has 0 unspecified atom stereocenters. The minimum Gasteiger partial charge on any atom is -0.352 e. The number of aryl methyl sites for hydroxylation is 1. The molecular formula is C20H19N5O. The van der Waals surface area contributed by atoms with Crippen LogP contribution in [0.3, 0.4) is 0 Å². The molecule has 130 valence electrons. The van der Waals surface area contributed by atoms with E-state index in [0.717, 1.165) is 22.6 Å². The van der Waals surface area contributed by atoms with E-state index in [1.165, 1.54) is 0 Å². The van der Waals surface area contributed by atoms with Crippen molar-refractivity contribution in [2.24, 2.45) is 0 Å². The minimum absolute atomic E-state index is 0.147. The van der Waals surface area contributed by atoms with E-state index >= 15 is 0 Å². The molecule has 0 saturated heterocycles. The lowest BCUT2D eigenvalue weighted by Gasteiger charge is -2.08. The smallest absolute Gasteiger partial charge is 0.260 e. The normalized spacial score (nSPS) is 11.0. The van der Waals surface area contributed by atoms with Crippen molar-refractivity contribution in [1.82, 2.24) is 19.7 Å². The first-order valence-corrected chi connectivity index (χ1v) is 8.47. The third-order valence-electron chi connectivity index (χ3n) is 4.49. The predicted molar refractivity (Wildman–Crippen MR) is 103 cm³/mol. The zero-order chi connectivity index (χ0) is 18.1. The zero-order valence-electron chi connectivity index (χ0n) is 14.7. The van der Waals surface area contributed by atoms with Gasteiger partial charge in [0.1, 0.15) is 0 Å².